The molecule has 4 heterocycles. The number of rotatable bonds is 4. The Morgan fingerprint density at radius 1 is 0.604 bits per heavy atom. The molecular weight excluding hydrogens is 651 g/mol. The van der Waals surface area contributed by atoms with Crippen molar-refractivity contribution in [1.29, 1.82) is 0 Å². The molecular formula is C47H31N5O. The van der Waals surface area contributed by atoms with E-state index in [0.717, 1.165) is 45.1 Å². The predicted octanol–water partition coefficient (Wildman–Crippen LogP) is 10.6. The highest BCUT2D eigenvalue weighted by Crippen LogP contribution is 2.52. The molecule has 6 aromatic carbocycles. The van der Waals surface area contributed by atoms with Crippen molar-refractivity contribution >= 4 is 55.4 Å². The molecule has 11 rings (SSSR count). The first-order valence-electron chi connectivity index (χ1n) is 18.0. The number of aromatic nitrogens is 4. The molecule has 53 heavy (non-hydrogen) atoms. The predicted molar refractivity (Wildman–Crippen MR) is 215 cm³/mol. The van der Waals surface area contributed by atoms with Crippen LogP contribution in [-0.2, 0) is 0 Å². The van der Waals surface area contributed by atoms with Crippen LogP contribution >= 0.6 is 0 Å². The summed E-state index contributed by atoms with van der Waals surface area (Å²) < 4.78 is 3.95. The van der Waals surface area contributed by atoms with E-state index in [2.05, 4.69) is 100 Å². The van der Waals surface area contributed by atoms with Crippen LogP contribution in [0, 0.1) is 0 Å². The Balaban J connectivity index is 1.11. The molecule has 9 aromatic rings. The van der Waals surface area contributed by atoms with Gasteiger partial charge in [-0.1, -0.05) is 103 Å². The lowest BCUT2D eigenvalue weighted by Crippen LogP contribution is -2.23. The summed E-state index contributed by atoms with van der Waals surface area (Å²) >= 11 is 0. The van der Waals surface area contributed by atoms with Gasteiger partial charge < -0.3 is 4.90 Å². The Kier molecular flexibility index (Phi) is 6.43. The van der Waals surface area contributed by atoms with Crippen LogP contribution in [-0.4, -0.2) is 18.9 Å². The summed E-state index contributed by atoms with van der Waals surface area (Å²) in [6.07, 6.45) is 5.48. The molecule has 6 heteroatoms. The van der Waals surface area contributed by atoms with Gasteiger partial charge in [0.15, 0.2) is 5.82 Å². The second kappa shape index (κ2) is 11.5. The Labute approximate surface area is 304 Å². The van der Waals surface area contributed by atoms with Crippen LogP contribution < -0.4 is 10.5 Å². The Hall–Kier alpha value is -7.05. The Bertz CT molecular complexity index is 3070. The lowest BCUT2D eigenvalue weighted by atomic mass is 9.85. The third-order valence-corrected chi connectivity index (χ3v) is 10.8. The van der Waals surface area contributed by atoms with Gasteiger partial charge in [0.25, 0.3) is 5.56 Å². The summed E-state index contributed by atoms with van der Waals surface area (Å²) in [6.45, 7) is 0. The van der Waals surface area contributed by atoms with Crippen LogP contribution in [0.2, 0.25) is 0 Å². The molecule has 3 aromatic heterocycles. The fourth-order valence-electron chi connectivity index (χ4n) is 8.43. The summed E-state index contributed by atoms with van der Waals surface area (Å²) in [4.78, 5) is 27.3. The average molecular weight is 682 g/mol. The van der Waals surface area contributed by atoms with Crippen LogP contribution in [0.5, 0.6) is 0 Å². The number of anilines is 2. The van der Waals surface area contributed by atoms with Crippen molar-refractivity contribution in [2.45, 2.75) is 12.3 Å². The molecule has 6 nitrogen and oxygen atoms in total. The van der Waals surface area contributed by atoms with Gasteiger partial charge in [0.1, 0.15) is 11.3 Å². The minimum absolute atomic E-state index is 0.131. The van der Waals surface area contributed by atoms with Crippen molar-refractivity contribution in [3.63, 3.8) is 0 Å². The molecule has 0 spiro atoms. The fraction of sp³-hybridized carbons (Fsp3) is 0.0426. The van der Waals surface area contributed by atoms with E-state index in [4.69, 9.17) is 9.97 Å². The zero-order chi connectivity index (χ0) is 35.0. The minimum atomic E-state index is -0.131. The smallest absolute Gasteiger partial charge is 0.267 e. The van der Waals surface area contributed by atoms with Gasteiger partial charge in [-0.3, -0.25) is 9.20 Å². The number of allylic oxidation sites excluding steroid dienone is 4. The summed E-state index contributed by atoms with van der Waals surface area (Å²) in [7, 11) is 0. The van der Waals surface area contributed by atoms with E-state index < -0.39 is 0 Å². The maximum Gasteiger partial charge on any atom is 0.267 e. The molecule has 250 valence electrons. The normalized spacial score (nSPS) is 15.2. The van der Waals surface area contributed by atoms with Crippen molar-refractivity contribution in [2.24, 2.45) is 0 Å². The monoisotopic (exact) mass is 681 g/mol. The van der Waals surface area contributed by atoms with Crippen LogP contribution in [0.25, 0.3) is 61.1 Å². The molecule has 1 atom stereocenters. The van der Waals surface area contributed by atoms with E-state index in [1.807, 2.05) is 78.9 Å². The van der Waals surface area contributed by atoms with Gasteiger partial charge in [-0.25, -0.2) is 14.5 Å². The molecule has 1 aliphatic heterocycles. The van der Waals surface area contributed by atoms with Crippen molar-refractivity contribution in [3.05, 3.63) is 197 Å². The molecule has 0 bridgehead atoms. The van der Waals surface area contributed by atoms with Gasteiger partial charge in [0.05, 0.1) is 27.5 Å². The standard InChI is InChI=1S/C47H31N5O/c53-47-36-18-8-12-22-42(36)51-40-25-23-31(32-24-26-43-37(28-32)35-17-7-11-21-41(35)50(43)34-15-5-2-6-16-34)27-33(40)29-44(51)52(47)46-45(30-13-3-1-4-14-30)48-38-19-9-10-20-39(38)49-46/h1-27,29,37H,28H2. The highest BCUT2D eigenvalue weighted by atomic mass is 16.1. The van der Waals surface area contributed by atoms with Crippen LogP contribution in [0.1, 0.15) is 23.5 Å². The van der Waals surface area contributed by atoms with Crippen molar-refractivity contribution in [3.8, 4) is 17.1 Å². The van der Waals surface area contributed by atoms with Gasteiger partial charge in [0.2, 0.25) is 0 Å². The molecule has 2 aliphatic rings. The summed E-state index contributed by atoms with van der Waals surface area (Å²) in [5.41, 5.74) is 13.1. The SMILES string of the molecule is O=c1c2ccccc2n2c3ccc(C4=CC=C5C(C4)c4ccccc4N5c4ccccc4)cc3cc2n1-c1nc2ccccc2nc1-c1ccccc1. The van der Waals surface area contributed by atoms with Crippen molar-refractivity contribution in [2.75, 3.05) is 4.90 Å². The van der Waals surface area contributed by atoms with E-state index in [1.54, 1.807) is 4.57 Å². The highest BCUT2D eigenvalue weighted by molar-refractivity contribution is 5.96. The number of nitrogens with zero attached hydrogens (tertiary/aromatic N) is 5. The average Bonchev–Trinajstić information content (AvgIpc) is 3.77. The molecule has 1 unspecified atom stereocenters. The van der Waals surface area contributed by atoms with Gasteiger partial charge >= 0.3 is 0 Å². The number of hydrogen-bond acceptors (Lipinski definition) is 4. The Morgan fingerprint density at radius 2 is 1.32 bits per heavy atom. The maximum atomic E-state index is 14.7. The van der Waals surface area contributed by atoms with E-state index >= 15 is 0 Å². The molecule has 0 amide bonds. The first kappa shape index (κ1) is 29.7. The number of fused-ring (bicyclic) bond motifs is 9. The first-order valence-corrected chi connectivity index (χ1v) is 18.0. The van der Waals surface area contributed by atoms with E-state index in [9.17, 15) is 4.79 Å². The molecule has 0 saturated heterocycles. The third-order valence-electron chi connectivity index (χ3n) is 10.8. The molecule has 0 saturated carbocycles. The fourth-order valence-corrected chi connectivity index (χ4v) is 8.43. The number of hydrogen-bond donors (Lipinski definition) is 0. The van der Waals surface area contributed by atoms with Crippen molar-refractivity contribution in [1.82, 2.24) is 18.9 Å². The zero-order valence-electron chi connectivity index (χ0n) is 28.6. The summed E-state index contributed by atoms with van der Waals surface area (Å²) in [5.74, 6) is 0.765. The Morgan fingerprint density at radius 3 is 2.17 bits per heavy atom. The lowest BCUT2D eigenvalue weighted by Gasteiger charge is -2.26. The summed E-state index contributed by atoms with van der Waals surface area (Å²) in [5, 5.41) is 1.67. The number of benzene rings is 6. The van der Waals surface area contributed by atoms with Gasteiger partial charge in [-0.15, -0.1) is 0 Å². The van der Waals surface area contributed by atoms with E-state index in [-0.39, 0.29) is 11.5 Å². The largest absolute Gasteiger partial charge is 0.313 e. The topological polar surface area (TPSA) is 55.4 Å². The van der Waals surface area contributed by atoms with Gasteiger partial charge in [-0.05, 0) is 89.9 Å². The zero-order valence-corrected chi connectivity index (χ0v) is 28.6. The number of para-hydroxylation sites is 5. The van der Waals surface area contributed by atoms with Crippen LogP contribution in [0.4, 0.5) is 11.4 Å². The molecule has 0 fully saturated rings. The minimum Gasteiger partial charge on any atom is -0.313 e. The molecule has 1 aliphatic carbocycles. The second-order valence-electron chi connectivity index (χ2n) is 13.8. The van der Waals surface area contributed by atoms with Crippen LogP contribution in [0.15, 0.2) is 180 Å². The molecule has 0 N–H and O–H groups in total. The van der Waals surface area contributed by atoms with Crippen LogP contribution in [0.3, 0.4) is 0 Å². The van der Waals surface area contributed by atoms with Gasteiger partial charge in [-0.2, -0.15) is 0 Å². The van der Waals surface area contributed by atoms with E-state index in [1.165, 1.54) is 33.8 Å². The highest BCUT2D eigenvalue weighted by Gasteiger charge is 2.36. The molecule has 0 radical (unpaired) electrons. The second-order valence-corrected chi connectivity index (χ2v) is 13.8. The van der Waals surface area contributed by atoms with E-state index in [0.29, 0.717) is 16.9 Å². The quantitative estimate of drug-likeness (QED) is 0.186. The first-order chi connectivity index (χ1) is 26.2. The van der Waals surface area contributed by atoms with Crippen molar-refractivity contribution < 1.29 is 0 Å². The lowest BCUT2D eigenvalue weighted by molar-refractivity contribution is 0.832. The third kappa shape index (κ3) is 4.49. The maximum absolute atomic E-state index is 14.7. The summed E-state index contributed by atoms with van der Waals surface area (Å²) in [6, 6.07) is 53.9. The van der Waals surface area contributed by atoms with Gasteiger partial charge in [0, 0.05) is 33.9 Å².